The molecular weight excluding hydrogens is 365 g/mol. The monoisotopic (exact) mass is 371 g/mol. The fraction of sp³-hybridized carbons (Fsp3) is 0. The van der Waals surface area contributed by atoms with Gasteiger partial charge in [-0.2, -0.15) is 8.42 Å². The first kappa shape index (κ1) is 15.7. The van der Waals surface area contributed by atoms with Crippen molar-refractivity contribution in [3.05, 3.63) is 53.0 Å². The second-order valence-electron chi connectivity index (χ2n) is 4.23. The normalized spacial score (nSPS) is 11.4. The Morgan fingerprint density at radius 2 is 2.00 bits per heavy atom. The molecule has 0 aliphatic rings. The zero-order valence-electron chi connectivity index (χ0n) is 11.2. The van der Waals surface area contributed by atoms with Crippen molar-refractivity contribution in [2.75, 3.05) is 0 Å². The number of tetrazole rings is 1. The first-order valence-electron chi connectivity index (χ1n) is 6.05. The van der Waals surface area contributed by atoms with E-state index >= 15 is 0 Å². The van der Waals surface area contributed by atoms with Gasteiger partial charge in [-0.05, 0) is 28.6 Å². The molecule has 0 amide bonds. The van der Waals surface area contributed by atoms with Crippen molar-refractivity contribution < 1.29 is 12.6 Å². The summed E-state index contributed by atoms with van der Waals surface area (Å²) in [4.78, 5) is 3.48. The van der Waals surface area contributed by atoms with E-state index in [1.807, 2.05) is 0 Å². The van der Waals surface area contributed by atoms with E-state index in [-0.39, 0.29) is 20.8 Å². The molecule has 0 saturated heterocycles. The second kappa shape index (κ2) is 6.11. The standard InChI is InChI=1S/C12H7Cl2N5O3S/c13-11-5-10(6-15-12(11)14)23(20,21)22-9-3-1-2-8(4-9)19-7-16-17-18-19/h1-7H. The van der Waals surface area contributed by atoms with Gasteiger partial charge >= 0.3 is 10.1 Å². The van der Waals surface area contributed by atoms with Gasteiger partial charge in [0.05, 0.1) is 16.9 Å². The van der Waals surface area contributed by atoms with Crippen LogP contribution in [0.5, 0.6) is 5.75 Å². The van der Waals surface area contributed by atoms with Crippen molar-refractivity contribution in [1.29, 1.82) is 0 Å². The van der Waals surface area contributed by atoms with Gasteiger partial charge in [0.15, 0.2) is 0 Å². The molecule has 0 radical (unpaired) electrons. The summed E-state index contributed by atoms with van der Waals surface area (Å²) >= 11 is 11.4. The predicted molar refractivity (Wildman–Crippen MR) is 81.2 cm³/mol. The molecule has 0 aliphatic carbocycles. The molecular formula is C12H7Cl2N5O3S. The third-order valence-corrected chi connectivity index (χ3v) is 4.60. The van der Waals surface area contributed by atoms with Gasteiger partial charge in [0.1, 0.15) is 22.1 Å². The lowest BCUT2D eigenvalue weighted by molar-refractivity contribution is 0.485. The highest BCUT2D eigenvalue weighted by molar-refractivity contribution is 7.87. The molecule has 23 heavy (non-hydrogen) atoms. The van der Waals surface area contributed by atoms with Gasteiger partial charge in [-0.3, -0.25) is 0 Å². The molecule has 2 aromatic heterocycles. The van der Waals surface area contributed by atoms with Crippen molar-refractivity contribution in [3.8, 4) is 11.4 Å². The maximum Gasteiger partial charge on any atom is 0.340 e. The molecule has 0 fully saturated rings. The molecule has 0 saturated carbocycles. The van der Waals surface area contributed by atoms with Crippen LogP contribution in [0.15, 0.2) is 47.8 Å². The molecule has 8 nitrogen and oxygen atoms in total. The van der Waals surface area contributed by atoms with E-state index in [0.717, 1.165) is 12.3 Å². The van der Waals surface area contributed by atoms with Crippen LogP contribution in [0.3, 0.4) is 0 Å². The number of hydrogen-bond acceptors (Lipinski definition) is 7. The molecule has 118 valence electrons. The van der Waals surface area contributed by atoms with Gasteiger partial charge in [-0.1, -0.05) is 29.3 Å². The minimum absolute atomic E-state index is 0.00583. The summed E-state index contributed by atoms with van der Waals surface area (Å²) in [6, 6.07) is 7.41. The number of hydrogen-bond donors (Lipinski definition) is 0. The Labute approximate surface area is 140 Å². The maximum atomic E-state index is 12.3. The average molecular weight is 372 g/mol. The molecule has 1 aromatic carbocycles. The summed E-state index contributed by atoms with van der Waals surface area (Å²) in [6.07, 6.45) is 2.44. The molecule has 0 aliphatic heterocycles. The second-order valence-corrected chi connectivity index (χ2v) is 6.54. The third kappa shape index (κ3) is 3.41. The Bertz CT molecular complexity index is 947. The quantitative estimate of drug-likeness (QED) is 0.511. The van der Waals surface area contributed by atoms with E-state index in [0.29, 0.717) is 5.69 Å². The summed E-state index contributed by atoms with van der Waals surface area (Å²) in [6.45, 7) is 0. The fourth-order valence-corrected chi connectivity index (χ4v) is 2.90. The summed E-state index contributed by atoms with van der Waals surface area (Å²) in [5.41, 5.74) is 0.537. The van der Waals surface area contributed by atoms with Crippen LogP contribution in [-0.2, 0) is 10.1 Å². The maximum absolute atomic E-state index is 12.3. The summed E-state index contributed by atoms with van der Waals surface area (Å²) in [5.74, 6) is 0.0871. The summed E-state index contributed by atoms with van der Waals surface area (Å²) in [5, 5.41) is 10.7. The van der Waals surface area contributed by atoms with E-state index < -0.39 is 10.1 Å². The molecule has 0 unspecified atom stereocenters. The van der Waals surface area contributed by atoms with Crippen LogP contribution in [0.25, 0.3) is 5.69 Å². The number of halogens is 2. The Hall–Kier alpha value is -2.23. The van der Waals surface area contributed by atoms with Gasteiger partial charge in [-0.15, -0.1) is 5.10 Å². The average Bonchev–Trinajstić information content (AvgIpc) is 3.04. The van der Waals surface area contributed by atoms with Crippen molar-refractivity contribution in [2.24, 2.45) is 0 Å². The minimum atomic E-state index is -4.10. The molecule has 0 N–H and O–H groups in total. The van der Waals surface area contributed by atoms with Crippen LogP contribution in [0.2, 0.25) is 10.2 Å². The van der Waals surface area contributed by atoms with Crippen molar-refractivity contribution in [2.45, 2.75) is 4.90 Å². The molecule has 2 heterocycles. The Morgan fingerprint density at radius 3 is 2.70 bits per heavy atom. The van der Waals surface area contributed by atoms with E-state index in [2.05, 4.69) is 20.5 Å². The fourth-order valence-electron chi connectivity index (χ4n) is 1.67. The van der Waals surface area contributed by atoms with Gasteiger partial charge in [0.25, 0.3) is 0 Å². The highest BCUT2D eigenvalue weighted by atomic mass is 35.5. The molecule has 11 heteroatoms. The number of benzene rings is 1. The van der Waals surface area contributed by atoms with Gasteiger partial charge < -0.3 is 4.18 Å². The summed E-state index contributed by atoms with van der Waals surface area (Å²) in [7, 11) is -4.10. The van der Waals surface area contributed by atoms with Gasteiger partial charge in [0.2, 0.25) is 0 Å². The van der Waals surface area contributed by atoms with Gasteiger partial charge in [-0.25, -0.2) is 9.67 Å². The minimum Gasteiger partial charge on any atom is -0.379 e. The molecule has 3 aromatic rings. The van der Waals surface area contributed by atoms with Crippen molar-refractivity contribution >= 4 is 33.3 Å². The van der Waals surface area contributed by atoms with Crippen molar-refractivity contribution in [1.82, 2.24) is 25.2 Å². The Kier molecular flexibility index (Phi) is 4.16. The topological polar surface area (TPSA) is 99.9 Å². The Balaban J connectivity index is 1.91. The highest BCUT2D eigenvalue weighted by Crippen LogP contribution is 2.25. The lowest BCUT2D eigenvalue weighted by atomic mass is 10.3. The van der Waals surface area contributed by atoms with Crippen LogP contribution >= 0.6 is 23.2 Å². The molecule has 3 rings (SSSR count). The zero-order valence-corrected chi connectivity index (χ0v) is 13.5. The highest BCUT2D eigenvalue weighted by Gasteiger charge is 2.19. The van der Waals surface area contributed by atoms with E-state index in [4.69, 9.17) is 27.4 Å². The number of pyridine rings is 1. The lowest BCUT2D eigenvalue weighted by Crippen LogP contribution is -2.10. The summed E-state index contributed by atoms with van der Waals surface area (Å²) < 4.78 is 30.9. The molecule has 0 spiro atoms. The smallest absolute Gasteiger partial charge is 0.340 e. The van der Waals surface area contributed by atoms with Crippen LogP contribution in [-0.4, -0.2) is 33.6 Å². The molecule has 0 atom stereocenters. The lowest BCUT2D eigenvalue weighted by Gasteiger charge is -2.08. The van der Waals surface area contributed by atoms with Crippen LogP contribution in [0.4, 0.5) is 0 Å². The number of rotatable bonds is 4. The largest absolute Gasteiger partial charge is 0.379 e. The van der Waals surface area contributed by atoms with Crippen LogP contribution in [0.1, 0.15) is 0 Å². The van der Waals surface area contributed by atoms with E-state index in [9.17, 15) is 8.42 Å². The third-order valence-electron chi connectivity index (χ3n) is 2.70. The first-order valence-corrected chi connectivity index (χ1v) is 8.21. The van der Waals surface area contributed by atoms with Crippen molar-refractivity contribution in [3.63, 3.8) is 0 Å². The predicted octanol–water partition coefficient (Wildman–Crippen LogP) is 2.13. The number of nitrogens with zero attached hydrogens (tertiary/aromatic N) is 5. The first-order chi connectivity index (χ1) is 11.0. The Morgan fingerprint density at radius 1 is 1.17 bits per heavy atom. The van der Waals surface area contributed by atoms with E-state index in [1.54, 1.807) is 12.1 Å². The van der Waals surface area contributed by atoms with Gasteiger partial charge in [0, 0.05) is 6.07 Å². The zero-order chi connectivity index (χ0) is 16.4. The van der Waals surface area contributed by atoms with E-state index in [1.165, 1.54) is 23.1 Å². The molecule has 0 bridgehead atoms. The van der Waals surface area contributed by atoms with Crippen LogP contribution in [0, 0.1) is 0 Å². The number of aromatic nitrogens is 5. The van der Waals surface area contributed by atoms with Crippen LogP contribution < -0.4 is 4.18 Å². The SMILES string of the molecule is O=S(=O)(Oc1cccc(-n2cnnn2)c1)c1cnc(Cl)c(Cl)c1.